The van der Waals surface area contributed by atoms with Crippen LogP contribution in [0.3, 0.4) is 0 Å². The molecule has 0 saturated carbocycles. The second-order valence-corrected chi connectivity index (χ2v) is 10.2. The molecule has 0 spiro atoms. The average Bonchev–Trinajstić information content (AvgIpc) is 2.81. The van der Waals surface area contributed by atoms with E-state index in [1.54, 1.807) is 44.2 Å². The molecule has 0 aliphatic rings. The second-order valence-electron chi connectivity index (χ2n) is 8.14. The van der Waals surface area contributed by atoms with Gasteiger partial charge in [0.05, 0.1) is 12.9 Å². The number of hydrogen-bond donors (Lipinski definition) is 2. The summed E-state index contributed by atoms with van der Waals surface area (Å²) < 4.78 is 51.3. The van der Waals surface area contributed by atoms with E-state index in [0.29, 0.717) is 35.6 Å². The lowest BCUT2D eigenvalue weighted by Crippen LogP contribution is -2.50. The first-order valence-electron chi connectivity index (χ1n) is 11.1. The van der Waals surface area contributed by atoms with Crippen LogP contribution in [0, 0.1) is 11.7 Å². The Kier molecular flexibility index (Phi) is 10.1. The lowest BCUT2D eigenvalue weighted by molar-refractivity contribution is -0.123. The van der Waals surface area contributed by atoms with Crippen LogP contribution in [0.2, 0.25) is 0 Å². The number of methoxy groups -OCH3 is 1. The van der Waals surface area contributed by atoms with Gasteiger partial charge >= 0.3 is 0 Å². The summed E-state index contributed by atoms with van der Waals surface area (Å²) in [7, 11) is -1.98. The monoisotopic (exact) mass is 492 g/mol. The molecule has 0 bridgehead atoms. The molecule has 1 atom stereocenters. The van der Waals surface area contributed by atoms with Crippen molar-refractivity contribution in [3.8, 4) is 11.5 Å². The third-order valence-electron chi connectivity index (χ3n) is 5.23. The molecule has 186 valence electrons. The molecule has 2 aromatic carbocycles. The Morgan fingerprint density at radius 1 is 1.15 bits per heavy atom. The molecule has 0 aromatic heterocycles. The van der Waals surface area contributed by atoms with Gasteiger partial charge in [0.25, 0.3) is 0 Å². The van der Waals surface area contributed by atoms with E-state index in [9.17, 15) is 17.6 Å². The first kappa shape index (κ1) is 27.3. The maximum atomic E-state index is 13.9. The summed E-state index contributed by atoms with van der Waals surface area (Å²) >= 11 is 0. The van der Waals surface area contributed by atoms with Crippen LogP contribution in [0.5, 0.6) is 11.5 Å². The van der Waals surface area contributed by atoms with Crippen LogP contribution in [-0.4, -0.2) is 46.4 Å². The molecule has 1 amide bonds. The molecular formula is C25H33FN2O5S. The number of carbonyl (C=O) groups excluding carboxylic acids is 1. The zero-order chi connectivity index (χ0) is 25.3. The Bertz CT molecular complexity index is 1100. The van der Waals surface area contributed by atoms with Crippen molar-refractivity contribution >= 4 is 21.5 Å². The Hall–Kier alpha value is -2.91. The van der Waals surface area contributed by atoms with E-state index < -0.39 is 16.1 Å². The molecule has 0 fully saturated rings. The highest BCUT2D eigenvalue weighted by molar-refractivity contribution is 7.89. The highest BCUT2D eigenvalue weighted by Gasteiger charge is 2.26. The summed E-state index contributed by atoms with van der Waals surface area (Å²) in [5, 5.41) is 2.79. The van der Waals surface area contributed by atoms with Crippen molar-refractivity contribution in [1.29, 1.82) is 0 Å². The van der Waals surface area contributed by atoms with Crippen LogP contribution < -0.4 is 19.5 Å². The van der Waals surface area contributed by atoms with Gasteiger partial charge in [-0.25, -0.2) is 17.5 Å². The zero-order valence-corrected chi connectivity index (χ0v) is 20.9. The predicted octanol–water partition coefficient (Wildman–Crippen LogP) is 3.55. The lowest BCUT2D eigenvalue weighted by atomic mass is 10.0. The molecule has 0 radical (unpaired) electrons. The van der Waals surface area contributed by atoms with E-state index in [2.05, 4.69) is 16.6 Å². The van der Waals surface area contributed by atoms with Crippen LogP contribution in [0.15, 0.2) is 49.0 Å². The summed E-state index contributed by atoms with van der Waals surface area (Å²) in [5.41, 5.74) is 1.80. The molecule has 2 aromatic rings. The first-order valence-corrected chi connectivity index (χ1v) is 12.7. The number of sulfonamides is 1. The molecular weight excluding hydrogens is 459 g/mol. The number of benzene rings is 2. The smallest absolute Gasteiger partial charge is 0.238 e. The molecule has 0 heterocycles. The molecule has 34 heavy (non-hydrogen) atoms. The fraction of sp³-hybridized carbons (Fsp3) is 0.400. The van der Waals surface area contributed by atoms with Gasteiger partial charge in [0.2, 0.25) is 15.9 Å². The third-order valence-corrected chi connectivity index (χ3v) is 6.61. The molecule has 0 aliphatic carbocycles. The zero-order valence-electron chi connectivity index (χ0n) is 20.1. The molecule has 9 heteroatoms. The molecule has 0 unspecified atom stereocenters. The van der Waals surface area contributed by atoms with Gasteiger partial charge in [0.1, 0.15) is 18.5 Å². The maximum Gasteiger partial charge on any atom is 0.238 e. The van der Waals surface area contributed by atoms with Gasteiger partial charge in [-0.15, -0.1) is 0 Å². The molecule has 2 N–H and O–H groups in total. The average molecular weight is 493 g/mol. The third kappa shape index (κ3) is 7.85. The molecule has 7 nitrogen and oxygen atoms in total. The van der Waals surface area contributed by atoms with E-state index >= 15 is 0 Å². The van der Waals surface area contributed by atoms with Gasteiger partial charge < -0.3 is 14.8 Å². The molecule has 0 saturated heterocycles. The van der Waals surface area contributed by atoms with Gasteiger partial charge in [0, 0.05) is 12.1 Å². The second kappa shape index (κ2) is 12.5. The van der Waals surface area contributed by atoms with Crippen LogP contribution in [0.4, 0.5) is 4.39 Å². The molecule has 0 aliphatic heterocycles. The fourth-order valence-electron chi connectivity index (χ4n) is 3.19. The van der Waals surface area contributed by atoms with E-state index in [1.807, 2.05) is 6.07 Å². The fourth-order valence-corrected chi connectivity index (χ4v) is 4.12. The predicted molar refractivity (Wildman–Crippen MR) is 132 cm³/mol. The number of rotatable bonds is 13. The topological polar surface area (TPSA) is 93.7 Å². The van der Waals surface area contributed by atoms with Crippen LogP contribution in [-0.2, 0) is 21.2 Å². The van der Waals surface area contributed by atoms with Crippen molar-refractivity contribution < 1.29 is 27.1 Å². The normalized spacial score (nSPS) is 12.3. The number of nitrogens with one attached hydrogen (secondary N) is 2. The molecule has 2 rings (SSSR count). The Morgan fingerprint density at radius 3 is 2.47 bits per heavy atom. The van der Waals surface area contributed by atoms with E-state index in [-0.39, 0.29) is 30.0 Å². The number of carbonyl (C=O) groups is 1. The minimum atomic E-state index is -3.50. The first-order chi connectivity index (χ1) is 16.1. The van der Waals surface area contributed by atoms with Crippen LogP contribution in [0.1, 0.15) is 31.9 Å². The standard InChI is InChI=1S/C25H33FN2O5S/c1-6-34(30,31)28-24(17(2)3)25(29)27-14-13-19-11-12-22(23(15-19)32-5)33-16-18(4)20-9-7-8-10-21(20)26/h7-12,15,17,24,28H,4,6,13-14,16H2,1-3,5H3,(H,27,29)/t24-/m0/s1. The van der Waals surface area contributed by atoms with Gasteiger partial charge in [-0.05, 0) is 48.6 Å². The van der Waals surface area contributed by atoms with Crippen molar-refractivity contribution in [1.82, 2.24) is 10.0 Å². The quantitative estimate of drug-likeness (QED) is 0.446. The largest absolute Gasteiger partial charge is 0.493 e. The minimum absolute atomic E-state index is 0.0919. The van der Waals surface area contributed by atoms with Crippen molar-refractivity contribution in [3.05, 3.63) is 66.0 Å². The number of hydrogen-bond acceptors (Lipinski definition) is 5. The Morgan fingerprint density at radius 2 is 1.85 bits per heavy atom. The number of amides is 1. The summed E-state index contributed by atoms with van der Waals surface area (Å²) in [4.78, 5) is 12.5. The van der Waals surface area contributed by atoms with E-state index in [4.69, 9.17) is 9.47 Å². The van der Waals surface area contributed by atoms with Crippen LogP contribution in [0.25, 0.3) is 5.57 Å². The summed E-state index contributed by atoms with van der Waals surface area (Å²) in [6, 6.07) is 10.9. The minimum Gasteiger partial charge on any atom is -0.493 e. The SMILES string of the molecule is C=C(COc1ccc(CCNC(=O)[C@@H](NS(=O)(=O)CC)C(C)C)cc1OC)c1ccccc1F. The summed E-state index contributed by atoms with van der Waals surface area (Å²) in [6.07, 6.45) is 0.510. The van der Waals surface area contributed by atoms with Gasteiger partial charge in [-0.3, -0.25) is 4.79 Å². The van der Waals surface area contributed by atoms with Gasteiger partial charge in [-0.1, -0.05) is 44.7 Å². The van der Waals surface area contributed by atoms with Crippen molar-refractivity contribution in [2.75, 3.05) is 26.0 Å². The Labute approximate surface area is 201 Å². The van der Waals surface area contributed by atoms with Crippen molar-refractivity contribution in [2.45, 2.75) is 33.2 Å². The van der Waals surface area contributed by atoms with E-state index in [1.165, 1.54) is 20.1 Å². The van der Waals surface area contributed by atoms with Crippen molar-refractivity contribution in [3.63, 3.8) is 0 Å². The van der Waals surface area contributed by atoms with Crippen molar-refractivity contribution in [2.24, 2.45) is 5.92 Å². The summed E-state index contributed by atoms with van der Waals surface area (Å²) in [6.45, 7) is 9.40. The Balaban J connectivity index is 1.95. The highest BCUT2D eigenvalue weighted by Crippen LogP contribution is 2.29. The lowest BCUT2D eigenvalue weighted by Gasteiger charge is -2.21. The van der Waals surface area contributed by atoms with Crippen LogP contribution >= 0.6 is 0 Å². The van der Waals surface area contributed by atoms with E-state index in [0.717, 1.165) is 5.56 Å². The number of halogens is 1. The summed E-state index contributed by atoms with van der Waals surface area (Å²) in [5.74, 6) is -0.0292. The maximum absolute atomic E-state index is 13.9. The van der Waals surface area contributed by atoms with Gasteiger partial charge in [-0.2, -0.15) is 0 Å². The number of ether oxygens (including phenoxy) is 2. The van der Waals surface area contributed by atoms with Gasteiger partial charge in [0.15, 0.2) is 11.5 Å². The highest BCUT2D eigenvalue weighted by atomic mass is 32.2.